The minimum absolute atomic E-state index is 0.167. The predicted octanol–water partition coefficient (Wildman–Crippen LogP) is 1.09. The van der Waals surface area contributed by atoms with E-state index in [-0.39, 0.29) is 11.8 Å². The van der Waals surface area contributed by atoms with Crippen molar-refractivity contribution in [3.8, 4) is 0 Å². The molecule has 0 spiro atoms. The van der Waals surface area contributed by atoms with Gasteiger partial charge in [0, 0.05) is 6.54 Å². The molecule has 7 heteroatoms. The van der Waals surface area contributed by atoms with Crippen LogP contribution in [0.25, 0.3) is 0 Å². The smallest absolute Gasteiger partial charge is 0.243 e. The second-order valence-corrected chi connectivity index (χ2v) is 8.07. The van der Waals surface area contributed by atoms with Crippen molar-refractivity contribution in [1.82, 2.24) is 10.2 Å². The molecule has 2 fully saturated rings. The van der Waals surface area contributed by atoms with Crippen molar-refractivity contribution < 1.29 is 14.4 Å². The summed E-state index contributed by atoms with van der Waals surface area (Å²) in [4.78, 5) is 38.5. The largest absolute Gasteiger partial charge is 0.345 e. The Morgan fingerprint density at radius 1 is 1.11 bits per heavy atom. The predicted molar refractivity (Wildman–Crippen MR) is 105 cm³/mol. The summed E-state index contributed by atoms with van der Waals surface area (Å²) in [6.45, 7) is 1.14. The van der Waals surface area contributed by atoms with Crippen molar-refractivity contribution >= 4 is 18.1 Å². The highest BCUT2D eigenvalue weighted by molar-refractivity contribution is 5.91. The number of unbranched alkanes of at least 4 members (excludes halogenated alkanes) is 1. The molecule has 0 aromatic carbocycles. The van der Waals surface area contributed by atoms with Gasteiger partial charge in [-0.25, -0.2) is 0 Å². The number of rotatable bonds is 10. The molecule has 7 nitrogen and oxygen atoms in total. The summed E-state index contributed by atoms with van der Waals surface area (Å²) in [5, 5.41) is 2.87. The van der Waals surface area contributed by atoms with Crippen LogP contribution in [0.4, 0.5) is 0 Å². The monoisotopic (exact) mass is 380 g/mol. The van der Waals surface area contributed by atoms with Crippen LogP contribution in [0, 0.1) is 5.92 Å². The lowest BCUT2D eigenvalue weighted by Gasteiger charge is -2.29. The van der Waals surface area contributed by atoms with Gasteiger partial charge in [0.25, 0.3) is 0 Å². The number of amides is 2. The van der Waals surface area contributed by atoms with Crippen LogP contribution in [-0.4, -0.2) is 54.2 Å². The number of hydrogen-bond donors (Lipinski definition) is 3. The molecule has 2 aliphatic rings. The molecule has 0 bridgehead atoms. The van der Waals surface area contributed by atoms with Crippen LogP contribution in [-0.2, 0) is 14.4 Å². The molecule has 1 saturated heterocycles. The Morgan fingerprint density at radius 3 is 2.52 bits per heavy atom. The lowest BCUT2D eigenvalue weighted by atomic mass is 9.85. The van der Waals surface area contributed by atoms with E-state index in [0.717, 1.165) is 38.4 Å². The molecule has 0 aromatic rings. The quantitative estimate of drug-likeness (QED) is 0.387. The fourth-order valence-electron chi connectivity index (χ4n) is 4.36. The highest BCUT2D eigenvalue weighted by Gasteiger charge is 2.36. The van der Waals surface area contributed by atoms with Crippen LogP contribution in [0.15, 0.2) is 0 Å². The van der Waals surface area contributed by atoms with Gasteiger partial charge in [0.1, 0.15) is 12.3 Å². The average molecular weight is 381 g/mol. The van der Waals surface area contributed by atoms with Gasteiger partial charge in [0.05, 0.1) is 12.1 Å². The third-order valence-corrected chi connectivity index (χ3v) is 5.93. The molecule has 5 N–H and O–H groups in total. The van der Waals surface area contributed by atoms with Crippen LogP contribution >= 0.6 is 0 Å². The normalized spacial score (nSPS) is 23.0. The zero-order valence-corrected chi connectivity index (χ0v) is 16.4. The van der Waals surface area contributed by atoms with E-state index in [0.29, 0.717) is 38.3 Å². The van der Waals surface area contributed by atoms with Crippen molar-refractivity contribution in [2.24, 2.45) is 17.4 Å². The van der Waals surface area contributed by atoms with Crippen LogP contribution < -0.4 is 16.8 Å². The maximum absolute atomic E-state index is 12.7. The number of aldehydes is 1. The van der Waals surface area contributed by atoms with Gasteiger partial charge in [-0.15, -0.1) is 0 Å². The Hall–Kier alpha value is -1.47. The highest BCUT2D eigenvalue weighted by atomic mass is 16.2. The Balaban J connectivity index is 1.87. The standard InChI is InChI=1S/C20H36N4O3/c21-11-5-4-9-17(22)20(27)24-12-6-10-18(24)19(26)23-16(14-25)13-15-7-2-1-3-8-15/h14-18H,1-13,21-22H2,(H,23,26)/t16-,17+,18+/m1/s1. The molecule has 2 amide bonds. The summed E-state index contributed by atoms with van der Waals surface area (Å²) in [6.07, 6.45) is 11.1. The summed E-state index contributed by atoms with van der Waals surface area (Å²) in [7, 11) is 0. The van der Waals surface area contributed by atoms with Gasteiger partial charge in [-0.1, -0.05) is 38.5 Å². The van der Waals surface area contributed by atoms with Gasteiger partial charge in [-0.3, -0.25) is 9.59 Å². The van der Waals surface area contributed by atoms with Crippen molar-refractivity contribution in [1.29, 1.82) is 0 Å². The van der Waals surface area contributed by atoms with E-state index in [9.17, 15) is 14.4 Å². The van der Waals surface area contributed by atoms with E-state index in [2.05, 4.69) is 5.32 Å². The molecule has 0 radical (unpaired) electrons. The molecule has 1 aliphatic carbocycles. The van der Waals surface area contributed by atoms with Gasteiger partial charge in [-0.05, 0) is 44.6 Å². The number of likely N-dealkylation sites (tertiary alicyclic amines) is 1. The number of hydrogen-bond acceptors (Lipinski definition) is 5. The van der Waals surface area contributed by atoms with E-state index in [4.69, 9.17) is 11.5 Å². The number of nitrogens with two attached hydrogens (primary N) is 2. The minimum atomic E-state index is -0.589. The first-order chi connectivity index (χ1) is 13.1. The zero-order valence-electron chi connectivity index (χ0n) is 16.4. The van der Waals surface area contributed by atoms with Crippen LogP contribution in [0.3, 0.4) is 0 Å². The number of carbonyl (C=O) groups is 3. The zero-order chi connectivity index (χ0) is 19.6. The van der Waals surface area contributed by atoms with E-state index < -0.39 is 18.1 Å². The summed E-state index contributed by atoms with van der Waals surface area (Å²) >= 11 is 0. The molecule has 27 heavy (non-hydrogen) atoms. The van der Waals surface area contributed by atoms with Crippen LogP contribution in [0.5, 0.6) is 0 Å². The third kappa shape index (κ3) is 6.57. The minimum Gasteiger partial charge on any atom is -0.345 e. The van der Waals surface area contributed by atoms with Gasteiger partial charge in [0.2, 0.25) is 11.8 Å². The van der Waals surface area contributed by atoms with Gasteiger partial charge >= 0.3 is 0 Å². The molecule has 1 heterocycles. The molecule has 1 aliphatic heterocycles. The maximum Gasteiger partial charge on any atom is 0.243 e. The van der Waals surface area contributed by atoms with Crippen LogP contribution in [0.2, 0.25) is 0 Å². The van der Waals surface area contributed by atoms with Crippen LogP contribution in [0.1, 0.15) is 70.6 Å². The molecule has 3 atom stereocenters. The van der Waals surface area contributed by atoms with Gasteiger partial charge < -0.3 is 26.5 Å². The van der Waals surface area contributed by atoms with Crippen molar-refractivity contribution in [3.05, 3.63) is 0 Å². The third-order valence-electron chi connectivity index (χ3n) is 5.93. The van der Waals surface area contributed by atoms with Crippen molar-refractivity contribution in [2.75, 3.05) is 13.1 Å². The Morgan fingerprint density at radius 2 is 1.85 bits per heavy atom. The SMILES string of the molecule is NCCCC[C@H](N)C(=O)N1CCC[C@H]1C(=O)N[C@@H](C=O)CC1CCCCC1. The highest BCUT2D eigenvalue weighted by Crippen LogP contribution is 2.27. The Labute approximate surface area is 162 Å². The first kappa shape index (κ1) is 21.8. The summed E-state index contributed by atoms with van der Waals surface area (Å²) < 4.78 is 0. The van der Waals surface area contributed by atoms with E-state index in [1.54, 1.807) is 4.90 Å². The number of carbonyl (C=O) groups excluding carboxylic acids is 3. The molecule has 0 unspecified atom stereocenters. The first-order valence-electron chi connectivity index (χ1n) is 10.6. The fraction of sp³-hybridized carbons (Fsp3) is 0.850. The van der Waals surface area contributed by atoms with E-state index in [1.165, 1.54) is 19.3 Å². The van der Waals surface area contributed by atoms with E-state index in [1.807, 2.05) is 0 Å². The van der Waals surface area contributed by atoms with Crippen molar-refractivity contribution in [3.63, 3.8) is 0 Å². The topological polar surface area (TPSA) is 119 Å². The second kappa shape index (κ2) is 11.4. The summed E-state index contributed by atoms with van der Waals surface area (Å²) in [5.74, 6) is 0.119. The Bertz CT molecular complexity index is 494. The molecule has 0 aromatic heterocycles. The average Bonchev–Trinajstić information content (AvgIpc) is 3.17. The Kier molecular flexibility index (Phi) is 9.21. The molecule has 154 valence electrons. The maximum atomic E-state index is 12.7. The fourth-order valence-corrected chi connectivity index (χ4v) is 4.36. The molecule has 2 rings (SSSR count). The molecule has 1 saturated carbocycles. The summed E-state index contributed by atoms with van der Waals surface area (Å²) in [5.41, 5.74) is 11.5. The van der Waals surface area contributed by atoms with Gasteiger partial charge in [-0.2, -0.15) is 0 Å². The molecular formula is C20H36N4O3. The number of nitrogens with zero attached hydrogens (tertiary/aromatic N) is 1. The lowest BCUT2D eigenvalue weighted by Crippen LogP contribution is -2.53. The number of nitrogens with one attached hydrogen (secondary N) is 1. The van der Waals surface area contributed by atoms with E-state index >= 15 is 0 Å². The van der Waals surface area contributed by atoms with Gasteiger partial charge in [0.15, 0.2) is 0 Å². The first-order valence-corrected chi connectivity index (χ1v) is 10.6. The lowest BCUT2D eigenvalue weighted by molar-refractivity contribution is -0.140. The molecular weight excluding hydrogens is 344 g/mol. The summed E-state index contributed by atoms with van der Waals surface area (Å²) in [6, 6.07) is -1.56. The second-order valence-electron chi connectivity index (χ2n) is 8.07. The van der Waals surface area contributed by atoms with Crippen molar-refractivity contribution in [2.45, 2.75) is 88.8 Å².